The first kappa shape index (κ1) is 9.00. The average molecular weight is 183 g/mol. The number of hydrogen-bond donors (Lipinski definition) is 2. The molecule has 0 aromatic heterocycles. The Hall–Kier alpha value is -0.570. The number of carbonyl (C=O) groups is 1. The second kappa shape index (κ2) is 3.29. The third kappa shape index (κ3) is 1.85. The minimum atomic E-state index is -0.410. The van der Waals surface area contributed by atoms with Crippen LogP contribution in [0, 0.1) is 0 Å². The molecule has 0 bridgehead atoms. The maximum Gasteiger partial charge on any atom is 0.223 e. The van der Waals surface area contributed by atoms with Crippen molar-refractivity contribution < 1.29 is 9.90 Å². The van der Waals surface area contributed by atoms with Crippen molar-refractivity contribution in [2.75, 3.05) is 0 Å². The number of hydrogen-bond acceptors (Lipinski definition) is 2. The van der Waals surface area contributed by atoms with Crippen molar-refractivity contribution in [1.29, 1.82) is 0 Å². The van der Waals surface area contributed by atoms with Gasteiger partial charge in [-0.25, -0.2) is 0 Å². The highest BCUT2D eigenvalue weighted by molar-refractivity contribution is 5.78. The van der Waals surface area contributed by atoms with Crippen LogP contribution in [-0.4, -0.2) is 22.7 Å². The molecule has 1 aliphatic carbocycles. The highest BCUT2D eigenvalue weighted by Gasteiger charge is 2.39. The van der Waals surface area contributed by atoms with E-state index < -0.39 is 6.10 Å². The van der Waals surface area contributed by atoms with Crippen molar-refractivity contribution in [1.82, 2.24) is 5.32 Å². The Kier molecular flexibility index (Phi) is 2.28. The fourth-order valence-electron chi connectivity index (χ4n) is 2.69. The van der Waals surface area contributed by atoms with Gasteiger partial charge in [0.05, 0.1) is 12.5 Å². The third-order valence-corrected chi connectivity index (χ3v) is 3.26. The highest BCUT2D eigenvalue weighted by Crippen LogP contribution is 2.34. The number of piperidine rings is 1. The van der Waals surface area contributed by atoms with E-state index >= 15 is 0 Å². The summed E-state index contributed by atoms with van der Waals surface area (Å²) in [4.78, 5) is 11.3. The van der Waals surface area contributed by atoms with Crippen LogP contribution in [0.2, 0.25) is 0 Å². The number of nitrogens with one attached hydrogen (secondary N) is 1. The van der Waals surface area contributed by atoms with Crippen LogP contribution >= 0.6 is 0 Å². The standard InChI is InChI=1S/C10H17NO2/c12-8-6-9(13)11-10(7-8)4-2-1-3-5-10/h8,12H,1-7H2,(H,11,13). The predicted octanol–water partition coefficient (Wildman–Crippen LogP) is 0.960. The molecule has 2 N–H and O–H groups in total. The minimum absolute atomic E-state index is 0.0284. The molecule has 1 unspecified atom stereocenters. The van der Waals surface area contributed by atoms with Crippen LogP contribution in [0.15, 0.2) is 0 Å². The van der Waals surface area contributed by atoms with E-state index in [0.29, 0.717) is 6.42 Å². The lowest BCUT2D eigenvalue weighted by Crippen LogP contribution is -2.56. The first-order valence-electron chi connectivity index (χ1n) is 5.19. The molecule has 0 aromatic carbocycles. The van der Waals surface area contributed by atoms with Crippen LogP contribution in [0.25, 0.3) is 0 Å². The Labute approximate surface area is 78.5 Å². The molecule has 1 aliphatic heterocycles. The van der Waals surface area contributed by atoms with Crippen LogP contribution < -0.4 is 5.32 Å². The molecule has 1 saturated carbocycles. The van der Waals surface area contributed by atoms with Gasteiger partial charge in [0.25, 0.3) is 0 Å². The first-order chi connectivity index (χ1) is 6.20. The van der Waals surface area contributed by atoms with Gasteiger partial charge in [-0.15, -0.1) is 0 Å². The Morgan fingerprint density at radius 1 is 1.31 bits per heavy atom. The molecular weight excluding hydrogens is 166 g/mol. The topological polar surface area (TPSA) is 49.3 Å². The Morgan fingerprint density at radius 2 is 2.00 bits per heavy atom. The zero-order valence-electron chi connectivity index (χ0n) is 7.88. The highest BCUT2D eigenvalue weighted by atomic mass is 16.3. The van der Waals surface area contributed by atoms with Crippen molar-refractivity contribution in [3.63, 3.8) is 0 Å². The summed E-state index contributed by atoms with van der Waals surface area (Å²) in [6.07, 6.45) is 6.40. The van der Waals surface area contributed by atoms with E-state index in [9.17, 15) is 9.90 Å². The van der Waals surface area contributed by atoms with Gasteiger partial charge in [0, 0.05) is 5.54 Å². The molecular formula is C10H17NO2. The Bertz CT molecular complexity index is 209. The van der Waals surface area contributed by atoms with Gasteiger partial charge in [-0.3, -0.25) is 4.79 Å². The summed E-state index contributed by atoms with van der Waals surface area (Å²) in [6.45, 7) is 0. The van der Waals surface area contributed by atoms with Crippen molar-refractivity contribution in [3.05, 3.63) is 0 Å². The van der Waals surface area contributed by atoms with Crippen molar-refractivity contribution in [2.45, 2.75) is 56.6 Å². The third-order valence-electron chi connectivity index (χ3n) is 3.26. The molecule has 3 heteroatoms. The molecule has 13 heavy (non-hydrogen) atoms. The average Bonchev–Trinajstić information content (AvgIpc) is 2.02. The van der Waals surface area contributed by atoms with E-state index in [1.807, 2.05) is 0 Å². The van der Waals surface area contributed by atoms with Gasteiger partial charge in [-0.1, -0.05) is 19.3 Å². The van der Waals surface area contributed by atoms with Crippen molar-refractivity contribution in [3.8, 4) is 0 Å². The first-order valence-corrected chi connectivity index (χ1v) is 5.19. The quantitative estimate of drug-likeness (QED) is 0.587. The smallest absolute Gasteiger partial charge is 0.223 e. The lowest BCUT2D eigenvalue weighted by molar-refractivity contribution is -0.129. The maximum absolute atomic E-state index is 11.3. The Balaban J connectivity index is 2.06. The molecule has 3 nitrogen and oxygen atoms in total. The summed E-state index contributed by atoms with van der Waals surface area (Å²) in [7, 11) is 0. The largest absolute Gasteiger partial charge is 0.393 e. The number of amides is 1. The summed E-state index contributed by atoms with van der Waals surface area (Å²) < 4.78 is 0. The van der Waals surface area contributed by atoms with Crippen LogP contribution in [-0.2, 0) is 4.79 Å². The van der Waals surface area contributed by atoms with Crippen molar-refractivity contribution in [2.24, 2.45) is 0 Å². The summed E-state index contributed by atoms with van der Waals surface area (Å²) in [5.74, 6) is 0.0284. The molecule has 0 aromatic rings. The zero-order valence-corrected chi connectivity index (χ0v) is 7.88. The number of aliphatic hydroxyl groups is 1. The fourth-order valence-corrected chi connectivity index (χ4v) is 2.69. The summed E-state index contributed by atoms with van der Waals surface area (Å²) in [5, 5.41) is 12.6. The minimum Gasteiger partial charge on any atom is -0.393 e. The Morgan fingerprint density at radius 3 is 2.62 bits per heavy atom. The summed E-state index contributed by atoms with van der Waals surface area (Å²) in [6, 6.07) is 0. The van der Waals surface area contributed by atoms with E-state index in [4.69, 9.17) is 0 Å². The molecule has 2 aliphatic rings. The summed E-state index contributed by atoms with van der Waals surface area (Å²) >= 11 is 0. The maximum atomic E-state index is 11.3. The monoisotopic (exact) mass is 183 g/mol. The molecule has 2 rings (SSSR count). The second-order valence-electron chi connectivity index (χ2n) is 4.45. The lowest BCUT2D eigenvalue weighted by Gasteiger charge is -2.42. The van der Waals surface area contributed by atoms with Crippen LogP contribution in [0.3, 0.4) is 0 Å². The molecule has 1 heterocycles. The molecule has 2 fully saturated rings. The van der Waals surface area contributed by atoms with Crippen molar-refractivity contribution >= 4 is 5.91 Å². The van der Waals surface area contributed by atoms with Gasteiger partial charge in [-0.2, -0.15) is 0 Å². The number of rotatable bonds is 0. The predicted molar refractivity (Wildman–Crippen MR) is 49.2 cm³/mol. The van der Waals surface area contributed by atoms with Crippen LogP contribution in [0.1, 0.15) is 44.9 Å². The van der Waals surface area contributed by atoms with Gasteiger partial charge in [0.1, 0.15) is 0 Å². The SMILES string of the molecule is O=C1CC(O)CC2(CCCCC2)N1. The molecule has 1 amide bonds. The number of aliphatic hydroxyl groups excluding tert-OH is 1. The molecule has 74 valence electrons. The molecule has 1 spiro atoms. The van der Waals surface area contributed by atoms with Gasteiger partial charge in [-0.05, 0) is 19.3 Å². The van der Waals surface area contributed by atoms with E-state index in [-0.39, 0.29) is 11.4 Å². The van der Waals surface area contributed by atoms with Gasteiger partial charge in [0.2, 0.25) is 5.91 Å². The second-order valence-corrected chi connectivity index (χ2v) is 4.45. The van der Waals surface area contributed by atoms with Gasteiger partial charge in [0.15, 0.2) is 0 Å². The number of carbonyl (C=O) groups excluding carboxylic acids is 1. The lowest BCUT2D eigenvalue weighted by atomic mass is 9.75. The molecule has 0 radical (unpaired) electrons. The van der Waals surface area contributed by atoms with Crippen LogP contribution in [0.5, 0.6) is 0 Å². The fraction of sp³-hybridized carbons (Fsp3) is 0.900. The van der Waals surface area contributed by atoms with E-state index in [0.717, 1.165) is 19.3 Å². The normalized spacial score (nSPS) is 33.0. The van der Waals surface area contributed by atoms with Gasteiger partial charge >= 0.3 is 0 Å². The molecule has 1 saturated heterocycles. The zero-order chi connectivity index (χ0) is 9.31. The van der Waals surface area contributed by atoms with Crippen LogP contribution in [0.4, 0.5) is 0 Å². The van der Waals surface area contributed by atoms with E-state index in [1.165, 1.54) is 19.3 Å². The van der Waals surface area contributed by atoms with E-state index in [2.05, 4.69) is 5.32 Å². The summed E-state index contributed by atoms with van der Waals surface area (Å²) in [5.41, 5.74) is -0.0486. The molecule has 1 atom stereocenters. The van der Waals surface area contributed by atoms with E-state index in [1.54, 1.807) is 0 Å². The van der Waals surface area contributed by atoms with Gasteiger partial charge < -0.3 is 10.4 Å².